The molecule has 2 rings (SSSR count). The molecule has 0 heterocycles. The van der Waals surface area contributed by atoms with Crippen molar-refractivity contribution in [1.82, 2.24) is 0 Å². The van der Waals surface area contributed by atoms with Gasteiger partial charge in [-0.3, -0.25) is 0 Å². The molecule has 106 valence electrons. The third-order valence-corrected chi connectivity index (χ3v) is 2.95. The molecule has 2 aromatic rings. The maximum absolute atomic E-state index is 12.9. The van der Waals surface area contributed by atoms with Crippen molar-refractivity contribution in [3.8, 4) is 5.75 Å². The molecule has 1 nitrogen and oxygen atoms in total. The smallest absolute Gasteiger partial charge is 0.492 e. The summed E-state index contributed by atoms with van der Waals surface area (Å²) in [6.07, 6.45) is 0. The van der Waals surface area contributed by atoms with E-state index in [4.69, 9.17) is 4.74 Å². The normalized spacial score (nSPS) is 10.9. The molecule has 0 saturated carbocycles. The molecule has 0 bridgehead atoms. The van der Waals surface area contributed by atoms with Crippen LogP contribution in [0.5, 0.6) is 5.75 Å². The van der Waals surface area contributed by atoms with Crippen LogP contribution >= 0.6 is 0 Å². The number of para-hydroxylation sites is 1. The monoisotopic (exact) mass is 318 g/mol. The summed E-state index contributed by atoms with van der Waals surface area (Å²) in [5.74, 6) is -0.112. The van der Waals surface area contributed by atoms with Crippen molar-refractivity contribution in [3.63, 3.8) is 0 Å². The molecule has 0 aliphatic carbocycles. The Bertz CT molecular complexity index is 594. The molecule has 0 aliphatic heterocycles. The topological polar surface area (TPSA) is 9.23 Å². The van der Waals surface area contributed by atoms with Crippen molar-refractivity contribution >= 4 is 12.4 Å². The number of aryl methyl sites for hydroxylation is 2. The molecule has 0 atom stereocenters. The van der Waals surface area contributed by atoms with Crippen molar-refractivity contribution in [1.29, 1.82) is 0 Å². The summed E-state index contributed by atoms with van der Waals surface area (Å²) in [7, 11) is 0. The Morgan fingerprint density at radius 2 is 1.52 bits per heavy atom. The molecule has 0 fully saturated rings. The van der Waals surface area contributed by atoms with Gasteiger partial charge in [-0.15, -0.1) is 0 Å². The Morgan fingerprint density at radius 3 is 2.10 bits per heavy atom. The molecule has 0 radical (unpaired) electrons. The Hall–Kier alpha value is -0.269. The van der Waals surface area contributed by atoms with Gasteiger partial charge in [0.1, 0.15) is 6.61 Å². The molecule has 21 heavy (non-hydrogen) atoms. The largest absolute Gasteiger partial charge is 1.00 e. The first-order valence-corrected chi connectivity index (χ1v) is 6.35. The molecule has 2 aromatic carbocycles. The van der Waals surface area contributed by atoms with Crippen LogP contribution in [0.4, 0.5) is 12.9 Å². The van der Waals surface area contributed by atoms with Crippen molar-refractivity contribution < 1.29 is 69.1 Å². The van der Waals surface area contributed by atoms with Crippen LogP contribution in [0.3, 0.4) is 0 Å². The van der Waals surface area contributed by atoms with Crippen molar-refractivity contribution in [2.24, 2.45) is 0 Å². The van der Waals surface area contributed by atoms with Crippen LogP contribution in [-0.4, -0.2) is 6.98 Å². The third-order valence-electron chi connectivity index (χ3n) is 2.95. The Labute approximate surface area is 165 Å². The van der Waals surface area contributed by atoms with Gasteiger partial charge in [-0.05, 0) is 25.5 Å². The molecular formula is C15H15BF3KO. The van der Waals surface area contributed by atoms with E-state index >= 15 is 0 Å². The average molecular weight is 318 g/mol. The molecular weight excluding hydrogens is 303 g/mol. The Balaban J connectivity index is 0.00000220. The van der Waals surface area contributed by atoms with E-state index in [1.54, 1.807) is 6.07 Å². The number of hydrogen-bond donors (Lipinski definition) is 0. The Morgan fingerprint density at radius 1 is 0.952 bits per heavy atom. The number of hydrogen-bond acceptors (Lipinski definition) is 1. The summed E-state index contributed by atoms with van der Waals surface area (Å²) >= 11 is 0. The van der Waals surface area contributed by atoms with E-state index in [9.17, 15) is 12.9 Å². The summed E-state index contributed by atoms with van der Waals surface area (Å²) in [5.41, 5.74) is 2.32. The van der Waals surface area contributed by atoms with E-state index in [1.165, 1.54) is 12.1 Å². The minimum Gasteiger partial charge on any atom is -0.492 e. The quantitative estimate of drug-likeness (QED) is 0.763. The first kappa shape index (κ1) is 18.8. The molecule has 0 aromatic heterocycles. The third kappa shape index (κ3) is 5.45. The molecule has 6 heteroatoms. The second-order valence-electron chi connectivity index (χ2n) is 4.90. The number of ether oxygens (including phenoxy) is 1. The van der Waals surface area contributed by atoms with Gasteiger partial charge in [-0.1, -0.05) is 53.0 Å². The molecule has 0 aliphatic rings. The van der Waals surface area contributed by atoms with E-state index in [1.807, 2.05) is 32.0 Å². The van der Waals surface area contributed by atoms with Gasteiger partial charge in [0.05, 0.1) is 5.75 Å². The van der Waals surface area contributed by atoms with Gasteiger partial charge >= 0.3 is 58.4 Å². The first-order chi connectivity index (χ1) is 9.36. The standard InChI is InChI=1S/C15H15BF3O.K/c1-11-7-12(2)9-13(8-11)10-20-15-6-4-3-5-14(15)16(17,18)19;/h3-9H,10H2,1-2H3;/q-1;+1. The van der Waals surface area contributed by atoms with Gasteiger partial charge in [0.15, 0.2) is 0 Å². The van der Waals surface area contributed by atoms with Crippen LogP contribution in [0.1, 0.15) is 16.7 Å². The van der Waals surface area contributed by atoms with Gasteiger partial charge < -0.3 is 17.7 Å². The zero-order valence-electron chi connectivity index (χ0n) is 12.4. The minimum atomic E-state index is -5.06. The fourth-order valence-corrected chi connectivity index (χ4v) is 2.20. The van der Waals surface area contributed by atoms with Crippen molar-refractivity contribution in [2.75, 3.05) is 0 Å². The van der Waals surface area contributed by atoms with Crippen molar-refractivity contribution in [3.05, 3.63) is 59.2 Å². The zero-order valence-corrected chi connectivity index (χ0v) is 15.5. The van der Waals surface area contributed by atoms with Gasteiger partial charge in [-0.25, -0.2) is 0 Å². The van der Waals surface area contributed by atoms with Crippen LogP contribution in [0.25, 0.3) is 0 Å². The zero-order chi connectivity index (χ0) is 14.8. The maximum atomic E-state index is 12.9. The molecule has 0 unspecified atom stereocenters. The summed E-state index contributed by atoms with van der Waals surface area (Å²) in [6, 6.07) is 11.2. The van der Waals surface area contributed by atoms with Crippen LogP contribution in [0.15, 0.2) is 42.5 Å². The average Bonchev–Trinajstić information content (AvgIpc) is 2.34. The van der Waals surface area contributed by atoms with E-state index in [2.05, 4.69) is 0 Å². The van der Waals surface area contributed by atoms with Crippen molar-refractivity contribution in [2.45, 2.75) is 20.5 Å². The second kappa shape index (κ2) is 7.83. The fraction of sp³-hybridized carbons (Fsp3) is 0.200. The maximum Gasteiger partial charge on any atom is 1.00 e. The molecule has 0 saturated heterocycles. The van der Waals surface area contributed by atoms with E-state index in [-0.39, 0.29) is 63.7 Å². The SMILES string of the molecule is Cc1cc(C)cc(COc2ccccc2[B-](F)(F)F)c1.[K+]. The number of halogens is 3. The van der Waals surface area contributed by atoms with Crippen LogP contribution in [0, 0.1) is 13.8 Å². The summed E-state index contributed by atoms with van der Waals surface area (Å²) in [5, 5.41) is 0. The molecule has 0 amide bonds. The fourth-order valence-electron chi connectivity index (χ4n) is 2.20. The second-order valence-corrected chi connectivity index (χ2v) is 4.90. The minimum absolute atomic E-state index is 0. The van der Waals surface area contributed by atoms with Crippen LogP contribution in [-0.2, 0) is 6.61 Å². The summed E-state index contributed by atoms with van der Waals surface area (Å²) in [4.78, 5) is 0. The number of rotatable bonds is 4. The van der Waals surface area contributed by atoms with Gasteiger partial charge in [0.2, 0.25) is 0 Å². The van der Waals surface area contributed by atoms with Crippen LogP contribution < -0.4 is 61.6 Å². The van der Waals surface area contributed by atoms with Gasteiger partial charge in [0, 0.05) is 0 Å². The first-order valence-electron chi connectivity index (χ1n) is 6.35. The molecule has 0 N–H and O–H groups in total. The number of benzene rings is 2. The summed E-state index contributed by atoms with van der Waals surface area (Å²) in [6.45, 7) is -1.03. The van der Waals surface area contributed by atoms with E-state index < -0.39 is 12.4 Å². The predicted octanol–water partition coefficient (Wildman–Crippen LogP) is 0.941. The van der Waals surface area contributed by atoms with Gasteiger partial charge in [0.25, 0.3) is 0 Å². The van der Waals surface area contributed by atoms with Gasteiger partial charge in [-0.2, -0.15) is 0 Å². The predicted molar refractivity (Wildman–Crippen MR) is 75.4 cm³/mol. The summed E-state index contributed by atoms with van der Waals surface area (Å²) < 4.78 is 44.0. The Kier molecular flexibility index (Phi) is 7.00. The molecule has 0 spiro atoms. The van der Waals surface area contributed by atoms with Crippen LogP contribution in [0.2, 0.25) is 0 Å². The van der Waals surface area contributed by atoms with E-state index in [0.717, 1.165) is 22.8 Å². The van der Waals surface area contributed by atoms with E-state index in [0.29, 0.717) is 0 Å².